The molecule has 3 heterocycles. The second-order valence-corrected chi connectivity index (χ2v) is 8.01. The second-order valence-electron chi connectivity index (χ2n) is 7.22. The lowest BCUT2D eigenvalue weighted by atomic mass is 9.89. The molecule has 5 rings (SSSR count). The highest BCUT2D eigenvalue weighted by atomic mass is 79.9. The second kappa shape index (κ2) is 6.57. The minimum absolute atomic E-state index is 0.0791. The van der Waals surface area contributed by atoms with Crippen LogP contribution >= 0.6 is 15.9 Å². The molecule has 0 atom stereocenters. The average molecular weight is 422 g/mol. The largest absolute Gasteiger partial charge is 0.361 e. The minimum atomic E-state index is 0.0791. The topological polar surface area (TPSA) is 51.9 Å². The molecule has 1 amide bonds. The molecule has 136 valence electrons. The van der Waals surface area contributed by atoms with Gasteiger partial charge in [-0.25, -0.2) is 0 Å². The predicted molar refractivity (Wildman–Crippen MR) is 112 cm³/mol. The fourth-order valence-corrected chi connectivity index (χ4v) is 4.85. The maximum absolute atomic E-state index is 13.1. The van der Waals surface area contributed by atoms with Crippen molar-refractivity contribution >= 4 is 43.6 Å². The number of fused-ring (bicyclic) bond motifs is 2. The van der Waals surface area contributed by atoms with E-state index in [4.69, 9.17) is 0 Å². The number of hydrogen-bond donors (Lipinski definition) is 2. The first-order valence-corrected chi connectivity index (χ1v) is 10.1. The van der Waals surface area contributed by atoms with Crippen LogP contribution < -0.4 is 0 Å². The number of halogens is 1. The van der Waals surface area contributed by atoms with Gasteiger partial charge in [0.05, 0.1) is 4.47 Å². The number of aromatic nitrogens is 2. The Balaban J connectivity index is 1.35. The Labute approximate surface area is 165 Å². The molecular weight excluding hydrogens is 402 g/mol. The summed E-state index contributed by atoms with van der Waals surface area (Å²) in [4.78, 5) is 21.7. The number of nitrogens with zero attached hydrogens (tertiary/aromatic N) is 1. The first kappa shape index (κ1) is 16.6. The molecule has 0 unspecified atom stereocenters. The summed E-state index contributed by atoms with van der Waals surface area (Å²) >= 11 is 3.61. The molecule has 5 heteroatoms. The third-order valence-corrected chi connectivity index (χ3v) is 6.52. The van der Waals surface area contributed by atoms with Crippen molar-refractivity contribution in [3.05, 3.63) is 70.5 Å². The molecule has 27 heavy (non-hydrogen) atoms. The molecule has 0 saturated carbocycles. The van der Waals surface area contributed by atoms with E-state index in [1.165, 1.54) is 16.5 Å². The summed E-state index contributed by atoms with van der Waals surface area (Å²) in [6.07, 6.45) is 4.12. The van der Waals surface area contributed by atoms with Crippen molar-refractivity contribution in [2.75, 3.05) is 13.1 Å². The average Bonchev–Trinajstić information content (AvgIpc) is 3.29. The summed E-state index contributed by atoms with van der Waals surface area (Å²) in [6.45, 7) is 1.57. The zero-order valence-electron chi connectivity index (χ0n) is 14.8. The number of rotatable bonds is 2. The molecule has 1 aliphatic heterocycles. The Morgan fingerprint density at radius 3 is 2.37 bits per heavy atom. The van der Waals surface area contributed by atoms with Gasteiger partial charge in [0.1, 0.15) is 5.69 Å². The summed E-state index contributed by atoms with van der Waals surface area (Å²) in [5.74, 6) is 0.576. The number of piperidine rings is 1. The zero-order valence-corrected chi connectivity index (χ0v) is 16.4. The van der Waals surface area contributed by atoms with Gasteiger partial charge in [0.25, 0.3) is 5.91 Å². The van der Waals surface area contributed by atoms with E-state index < -0.39 is 0 Å². The highest BCUT2D eigenvalue weighted by Gasteiger charge is 2.28. The number of para-hydroxylation sites is 2. The molecular formula is C22H20BrN3O. The van der Waals surface area contributed by atoms with Crippen molar-refractivity contribution in [3.63, 3.8) is 0 Å². The number of carbonyl (C=O) groups excluding carboxylic acids is 1. The number of benzene rings is 2. The SMILES string of the molecule is O=C(c1[nH]c2ccccc2c1Br)N1CCC(c2c[nH]c3ccccc23)CC1. The van der Waals surface area contributed by atoms with Crippen LogP contribution in [0.2, 0.25) is 0 Å². The van der Waals surface area contributed by atoms with Crippen LogP contribution in [0.15, 0.2) is 59.2 Å². The van der Waals surface area contributed by atoms with Gasteiger partial charge < -0.3 is 14.9 Å². The number of carbonyl (C=O) groups is 1. The van der Waals surface area contributed by atoms with Gasteiger partial charge in [-0.2, -0.15) is 0 Å². The molecule has 4 aromatic rings. The summed E-state index contributed by atoms with van der Waals surface area (Å²) in [7, 11) is 0. The molecule has 0 aliphatic carbocycles. The van der Waals surface area contributed by atoms with Crippen molar-refractivity contribution in [2.45, 2.75) is 18.8 Å². The van der Waals surface area contributed by atoms with Gasteiger partial charge in [0, 0.05) is 41.1 Å². The molecule has 0 spiro atoms. The molecule has 1 aliphatic rings. The van der Waals surface area contributed by atoms with Crippen LogP contribution in [0.5, 0.6) is 0 Å². The van der Waals surface area contributed by atoms with Gasteiger partial charge in [0.2, 0.25) is 0 Å². The lowest BCUT2D eigenvalue weighted by Crippen LogP contribution is -2.38. The number of H-pyrrole nitrogens is 2. The van der Waals surface area contributed by atoms with Crippen molar-refractivity contribution in [1.29, 1.82) is 0 Å². The van der Waals surface area contributed by atoms with Crippen LogP contribution in [-0.4, -0.2) is 33.9 Å². The lowest BCUT2D eigenvalue weighted by Gasteiger charge is -2.32. The highest BCUT2D eigenvalue weighted by molar-refractivity contribution is 9.10. The fraction of sp³-hybridized carbons (Fsp3) is 0.227. The Hall–Kier alpha value is -2.53. The van der Waals surface area contributed by atoms with E-state index in [1.807, 2.05) is 29.2 Å². The van der Waals surface area contributed by atoms with Gasteiger partial charge in [-0.15, -0.1) is 0 Å². The molecule has 1 saturated heterocycles. The number of likely N-dealkylation sites (tertiary alicyclic amines) is 1. The van der Waals surface area contributed by atoms with Crippen LogP contribution in [0.3, 0.4) is 0 Å². The Morgan fingerprint density at radius 1 is 0.963 bits per heavy atom. The minimum Gasteiger partial charge on any atom is -0.361 e. The smallest absolute Gasteiger partial charge is 0.271 e. The molecule has 2 aromatic carbocycles. The van der Waals surface area contributed by atoms with Gasteiger partial charge >= 0.3 is 0 Å². The van der Waals surface area contributed by atoms with Crippen LogP contribution in [-0.2, 0) is 0 Å². The normalized spacial score (nSPS) is 15.7. The van der Waals surface area contributed by atoms with Crippen LogP contribution in [0.1, 0.15) is 34.8 Å². The van der Waals surface area contributed by atoms with E-state index in [-0.39, 0.29) is 5.91 Å². The molecule has 2 aromatic heterocycles. The highest BCUT2D eigenvalue weighted by Crippen LogP contribution is 2.34. The van der Waals surface area contributed by atoms with Crippen LogP contribution in [0, 0.1) is 0 Å². The zero-order chi connectivity index (χ0) is 18.4. The first-order valence-electron chi connectivity index (χ1n) is 9.34. The van der Waals surface area contributed by atoms with E-state index in [9.17, 15) is 4.79 Å². The van der Waals surface area contributed by atoms with E-state index in [0.717, 1.165) is 41.3 Å². The lowest BCUT2D eigenvalue weighted by molar-refractivity contribution is 0.0707. The monoisotopic (exact) mass is 421 g/mol. The molecule has 0 radical (unpaired) electrons. The van der Waals surface area contributed by atoms with Crippen molar-refractivity contribution < 1.29 is 4.79 Å². The fourth-order valence-electron chi connectivity index (χ4n) is 4.24. The maximum Gasteiger partial charge on any atom is 0.271 e. The number of amides is 1. The molecule has 0 bridgehead atoms. The van der Waals surface area contributed by atoms with E-state index in [1.54, 1.807) is 0 Å². The molecule has 4 nitrogen and oxygen atoms in total. The Bertz CT molecular complexity index is 1130. The summed E-state index contributed by atoms with van der Waals surface area (Å²) < 4.78 is 0.863. The van der Waals surface area contributed by atoms with Crippen molar-refractivity contribution in [3.8, 4) is 0 Å². The first-order chi connectivity index (χ1) is 13.2. The number of hydrogen-bond acceptors (Lipinski definition) is 1. The van der Waals surface area contributed by atoms with Gasteiger partial charge in [0.15, 0.2) is 0 Å². The van der Waals surface area contributed by atoms with Gasteiger partial charge in [-0.1, -0.05) is 36.4 Å². The number of aromatic amines is 2. The summed E-state index contributed by atoms with van der Waals surface area (Å²) in [5.41, 5.74) is 4.21. The molecule has 1 fully saturated rings. The maximum atomic E-state index is 13.1. The standard InChI is InChI=1S/C22H20BrN3O/c23-20-16-6-2-4-8-19(16)25-21(20)22(27)26-11-9-14(10-12-26)17-13-24-18-7-3-1-5-15(17)18/h1-8,13-14,24-25H,9-12H2. The van der Waals surface area contributed by atoms with E-state index in [2.05, 4.69) is 56.4 Å². The van der Waals surface area contributed by atoms with Gasteiger partial charge in [-0.3, -0.25) is 4.79 Å². The Kier molecular flexibility index (Phi) is 4.05. The third-order valence-electron chi connectivity index (χ3n) is 5.70. The summed E-state index contributed by atoms with van der Waals surface area (Å²) in [6, 6.07) is 16.4. The van der Waals surface area contributed by atoms with Crippen LogP contribution in [0.25, 0.3) is 21.8 Å². The van der Waals surface area contributed by atoms with Gasteiger partial charge in [-0.05, 0) is 52.4 Å². The quantitative estimate of drug-likeness (QED) is 0.445. The van der Waals surface area contributed by atoms with Crippen LogP contribution in [0.4, 0.5) is 0 Å². The van der Waals surface area contributed by atoms with E-state index in [0.29, 0.717) is 11.6 Å². The van der Waals surface area contributed by atoms with Crippen molar-refractivity contribution in [2.24, 2.45) is 0 Å². The van der Waals surface area contributed by atoms with E-state index >= 15 is 0 Å². The van der Waals surface area contributed by atoms with Crippen molar-refractivity contribution in [1.82, 2.24) is 14.9 Å². The Morgan fingerprint density at radius 2 is 1.63 bits per heavy atom. The number of nitrogens with one attached hydrogen (secondary N) is 2. The molecule has 2 N–H and O–H groups in total. The third kappa shape index (κ3) is 2.77. The summed E-state index contributed by atoms with van der Waals surface area (Å²) in [5, 5.41) is 2.36. The predicted octanol–water partition coefficient (Wildman–Crippen LogP) is 5.43.